The molecule has 0 amide bonds. The number of aryl methyl sites for hydroxylation is 2. The third-order valence-electron chi connectivity index (χ3n) is 5.87. The molecule has 3 heterocycles. The van der Waals surface area contributed by atoms with Crippen molar-refractivity contribution in [1.82, 2.24) is 24.9 Å². The van der Waals surface area contributed by atoms with E-state index in [0.29, 0.717) is 5.70 Å². The van der Waals surface area contributed by atoms with E-state index in [9.17, 15) is 0 Å². The highest BCUT2D eigenvalue weighted by atomic mass is 16.5. The number of imidazole rings is 1. The predicted molar refractivity (Wildman–Crippen MR) is 125 cm³/mol. The van der Waals surface area contributed by atoms with Crippen LogP contribution in [-0.4, -0.2) is 44.3 Å². The zero-order valence-electron chi connectivity index (χ0n) is 18.0. The van der Waals surface area contributed by atoms with E-state index in [1.807, 2.05) is 23.8 Å². The predicted octanol–water partition coefficient (Wildman–Crippen LogP) is 4.21. The molecular formula is C25H31N5O. The molecule has 6 nitrogen and oxygen atoms in total. The smallest absolute Gasteiger partial charge is 0.160 e. The maximum atomic E-state index is 8.91. The summed E-state index contributed by atoms with van der Waals surface area (Å²) >= 11 is 0. The molecule has 6 heteroatoms. The second-order valence-electron chi connectivity index (χ2n) is 8.15. The Bertz CT molecular complexity index is 1030. The van der Waals surface area contributed by atoms with Crippen LogP contribution < -0.4 is 5.48 Å². The number of hydrogen-bond donors (Lipinski definition) is 2. The van der Waals surface area contributed by atoms with E-state index in [2.05, 4.69) is 46.4 Å². The minimum atomic E-state index is 0.427. The van der Waals surface area contributed by atoms with E-state index < -0.39 is 0 Å². The zero-order valence-corrected chi connectivity index (χ0v) is 18.0. The highest BCUT2D eigenvalue weighted by Gasteiger charge is 2.15. The van der Waals surface area contributed by atoms with Gasteiger partial charge in [0.2, 0.25) is 0 Å². The molecule has 31 heavy (non-hydrogen) atoms. The normalized spacial score (nSPS) is 15.0. The number of likely N-dealkylation sites (tertiary alicyclic amines) is 1. The second-order valence-corrected chi connectivity index (χ2v) is 8.15. The molecule has 3 aromatic rings. The number of nitrogens with zero attached hydrogens (tertiary/aromatic N) is 4. The van der Waals surface area contributed by atoms with Crippen LogP contribution in [-0.2, 0) is 19.4 Å². The summed E-state index contributed by atoms with van der Waals surface area (Å²) in [4.78, 5) is 12.3. The molecule has 162 valence electrons. The number of hydrogen-bond acceptors (Lipinski definition) is 5. The lowest BCUT2D eigenvalue weighted by molar-refractivity contribution is 0.205. The summed E-state index contributed by atoms with van der Waals surface area (Å²) in [6, 6.07) is 12.6. The molecule has 1 saturated heterocycles. The van der Waals surface area contributed by atoms with Gasteiger partial charge in [0.25, 0.3) is 0 Å². The van der Waals surface area contributed by atoms with Crippen LogP contribution in [0.3, 0.4) is 0 Å². The van der Waals surface area contributed by atoms with Gasteiger partial charge in [-0.05, 0) is 55.6 Å². The average Bonchev–Trinajstić information content (AvgIpc) is 3.17. The average molecular weight is 418 g/mol. The van der Waals surface area contributed by atoms with Crippen molar-refractivity contribution in [2.75, 3.05) is 19.6 Å². The molecule has 0 bridgehead atoms. The molecule has 0 unspecified atom stereocenters. The van der Waals surface area contributed by atoms with Crippen molar-refractivity contribution in [3.8, 4) is 0 Å². The lowest BCUT2D eigenvalue weighted by Crippen LogP contribution is -2.32. The van der Waals surface area contributed by atoms with Gasteiger partial charge in [-0.2, -0.15) is 0 Å². The van der Waals surface area contributed by atoms with Crippen LogP contribution in [0.1, 0.15) is 36.2 Å². The van der Waals surface area contributed by atoms with Gasteiger partial charge in [-0.25, -0.2) is 9.97 Å². The lowest BCUT2D eigenvalue weighted by Gasteiger charge is -2.26. The molecule has 0 radical (unpaired) electrons. The van der Waals surface area contributed by atoms with Gasteiger partial charge in [0, 0.05) is 25.7 Å². The fourth-order valence-corrected chi connectivity index (χ4v) is 4.15. The first-order chi connectivity index (χ1) is 15.2. The standard InChI is InChI=1S/C25H31N5O/c1-20(28-31)10-11-22-18-23-25(26-19-22)30(17-16-29-14-6-3-7-15-29)24(27-23)13-12-21-8-4-2-5-9-21/h2,4-5,8-11,18-19,28,31H,1,3,6-7,12-17H2/b11-10+. The first-order valence-corrected chi connectivity index (χ1v) is 11.1. The fourth-order valence-electron chi connectivity index (χ4n) is 4.15. The van der Waals surface area contributed by atoms with Crippen LogP contribution in [0.15, 0.2) is 60.9 Å². The number of nitrogens with one attached hydrogen (secondary N) is 1. The van der Waals surface area contributed by atoms with E-state index in [-0.39, 0.29) is 0 Å². The van der Waals surface area contributed by atoms with Gasteiger partial charge in [0.1, 0.15) is 11.3 Å². The summed E-state index contributed by atoms with van der Waals surface area (Å²) in [7, 11) is 0. The number of allylic oxidation sites excluding steroid dienone is 1. The van der Waals surface area contributed by atoms with Crippen molar-refractivity contribution in [2.45, 2.75) is 38.6 Å². The number of pyridine rings is 1. The second kappa shape index (κ2) is 10.4. The van der Waals surface area contributed by atoms with Crippen molar-refractivity contribution in [2.24, 2.45) is 0 Å². The summed E-state index contributed by atoms with van der Waals surface area (Å²) in [6.07, 6.45) is 11.2. The first-order valence-electron chi connectivity index (χ1n) is 11.1. The monoisotopic (exact) mass is 417 g/mol. The maximum Gasteiger partial charge on any atom is 0.160 e. The quantitative estimate of drug-likeness (QED) is 0.403. The number of hydroxylamine groups is 1. The molecule has 2 N–H and O–H groups in total. The number of rotatable bonds is 9. The Labute approximate surface area is 183 Å². The molecule has 0 atom stereocenters. The van der Waals surface area contributed by atoms with Crippen molar-refractivity contribution in [3.63, 3.8) is 0 Å². The van der Waals surface area contributed by atoms with Crippen molar-refractivity contribution in [3.05, 3.63) is 77.9 Å². The van der Waals surface area contributed by atoms with Gasteiger partial charge >= 0.3 is 0 Å². The Kier molecular flexibility index (Phi) is 7.12. The van der Waals surface area contributed by atoms with Crippen molar-refractivity contribution < 1.29 is 5.21 Å². The molecule has 1 aromatic carbocycles. The van der Waals surface area contributed by atoms with E-state index in [0.717, 1.165) is 48.5 Å². The third kappa shape index (κ3) is 5.60. The number of aromatic nitrogens is 3. The Morgan fingerprint density at radius 2 is 1.90 bits per heavy atom. The Balaban J connectivity index is 1.58. The van der Waals surface area contributed by atoms with Crippen LogP contribution in [0, 0.1) is 0 Å². The summed E-state index contributed by atoms with van der Waals surface area (Å²) in [5, 5.41) is 8.91. The van der Waals surface area contributed by atoms with Crippen LogP contribution in [0.2, 0.25) is 0 Å². The molecule has 0 aliphatic carbocycles. The lowest BCUT2D eigenvalue weighted by atomic mass is 10.1. The summed E-state index contributed by atoms with van der Waals surface area (Å²) < 4.78 is 2.30. The van der Waals surface area contributed by atoms with Gasteiger partial charge in [0.15, 0.2) is 5.65 Å². The highest BCUT2D eigenvalue weighted by Crippen LogP contribution is 2.19. The molecular weight excluding hydrogens is 386 g/mol. The van der Waals surface area contributed by atoms with Crippen molar-refractivity contribution >= 4 is 17.2 Å². The highest BCUT2D eigenvalue weighted by molar-refractivity contribution is 5.75. The molecule has 1 fully saturated rings. The van der Waals surface area contributed by atoms with E-state index in [1.54, 1.807) is 6.08 Å². The van der Waals surface area contributed by atoms with Crippen molar-refractivity contribution in [1.29, 1.82) is 0 Å². The number of fused-ring (bicyclic) bond motifs is 1. The van der Waals surface area contributed by atoms with E-state index in [1.165, 1.54) is 37.9 Å². The summed E-state index contributed by atoms with van der Waals surface area (Å²) in [5.74, 6) is 1.09. The van der Waals surface area contributed by atoms with Gasteiger partial charge < -0.3 is 9.47 Å². The minimum Gasteiger partial charge on any atom is -0.311 e. The Morgan fingerprint density at radius 1 is 1.10 bits per heavy atom. The summed E-state index contributed by atoms with van der Waals surface area (Å²) in [6.45, 7) is 8.03. The molecule has 0 spiro atoms. The van der Waals surface area contributed by atoms with Gasteiger partial charge in [-0.3, -0.25) is 10.7 Å². The van der Waals surface area contributed by atoms with Gasteiger partial charge in [-0.15, -0.1) is 0 Å². The van der Waals surface area contributed by atoms with E-state index >= 15 is 0 Å². The van der Waals surface area contributed by atoms with Crippen LogP contribution >= 0.6 is 0 Å². The maximum absolute atomic E-state index is 8.91. The third-order valence-corrected chi connectivity index (χ3v) is 5.87. The minimum absolute atomic E-state index is 0.427. The molecule has 1 aliphatic heterocycles. The molecule has 0 saturated carbocycles. The molecule has 4 rings (SSSR count). The zero-order chi connectivity index (χ0) is 21.5. The van der Waals surface area contributed by atoms with Crippen LogP contribution in [0.5, 0.6) is 0 Å². The topological polar surface area (TPSA) is 66.2 Å². The first kappa shape index (κ1) is 21.3. The Morgan fingerprint density at radius 3 is 2.68 bits per heavy atom. The fraction of sp³-hybridized carbons (Fsp3) is 0.360. The Hall–Kier alpha value is -2.96. The van der Waals surface area contributed by atoms with Crippen LogP contribution in [0.4, 0.5) is 0 Å². The van der Waals surface area contributed by atoms with Crippen LogP contribution in [0.25, 0.3) is 17.2 Å². The number of benzene rings is 1. The van der Waals surface area contributed by atoms with Gasteiger partial charge in [0.05, 0.1) is 5.70 Å². The largest absolute Gasteiger partial charge is 0.311 e. The number of piperidine rings is 1. The van der Waals surface area contributed by atoms with E-state index in [4.69, 9.17) is 15.2 Å². The van der Waals surface area contributed by atoms with Gasteiger partial charge in [-0.1, -0.05) is 49.4 Å². The SMILES string of the molecule is C=C(/C=C/c1cnc2c(c1)nc(CCc1ccccc1)n2CCN1CCCCC1)NO. The molecule has 1 aliphatic rings. The summed E-state index contributed by atoms with van der Waals surface area (Å²) in [5.41, 5.74) is 6.57. The molecule has 2 aromatic heterocycles.